The number of pyridine rings is 1. The molecule has 1 aromatic carbocycles. The van der Waals surface area contributed by atoms with E-state index < -0.39 is 27.9 Å². The third-order valence-electron chi connectivity index (χ3n) is 5.82. The van der Waals surface area contributed by atoms with Gasteiger partial charge in [-0.25, -0.2) is 17.8 Å². The van der Waals surface area contributed by atoms with E-state index in [1.54, 1.807) is 17.8 Å². The fourth-order valence-electron chi connectivity index (χ4n) is 4.05. The van der Waals surface area contributed by atoms with Crippen molar-refractivity contribution < 1.29 is 27.1 Å². The van der Waals surface area contributed by atoms with E-state index in [0.29, 0.717) is 12.8 Å². The van der Waals surface area contributed by atoms with E-state index in [-0.39, 0.29) is 39.2 Å². The monoisotopic (exact) mass is 600 g/mol. The summed E-state index contributed by atoms with van der Waals surface area (Å²) < 4.78 is 54.4. The Morgan fingerprint density at radius 1 is 1.33 bits per heavy atom. The van der Waals surface area contributed by atoms with Crippen LogP contribution in [0, 0.1) is 5.82 Å². The maximum Gasteiger partial charge on any atom is 0.327 e. The summed E-state index contributed by atoms with van der Waals surface area (Å²) in [5, 5.41) is 4.26. The highest BCUT2D eigenvalue weighted by Crippen LogP contribution is 2.37. The van der Waals surface area contributed by atoms with Gasteiger partial charge in [-0.15, -0.1) is 0 Å². The standard InChI is InChI=1S/C23H23BrClFN4O5S/c1-3-34-22(31)13-30-21-6-4-5-20(16(21)12-28-30)29(2)36(32,33)15-10-17(24)23(27-11-15)35-14-7-8-18(25)19(26)9-14/h7-12,20H,3-6,13H2,1-2H3. The zero-order valence-electron chi connectivity index (χ0n) is 19.4. The minimum atomic E-state index is -3.95. The van der Waals surface area contributed by atoms with Gasteiger partial charge in [-0.2, -0.15) is 9.40 Å². The zero-order chi connectivity index (χ0) is 26.0. The first kappa shape index (κ1) is 26.5. The average Bonchev–Trinajstić information content (AvgIpc) is 3.25. The van der Waals surface area contributed by atoms with Gasteiger partial charge < -0.3 is 9.47 Å². The highest BCUT2D eigenvalue weighted by Gasteiger charge is 2.35. The third kappa shape index (κ3) is 5.41. The average molecular weight is 602 g/mol. The van der Waals surface area contributed by atoms with Gasteiger partial charge in [0.05, 0.1) is 34.5 Å². The van der Waals surface area contributed by atoms with Gasteiger partial charge in [0.25, 0.3) is 0 Å². The van der Waals surface area contributed by atoms with Crippen molar-refractivity contribution in [1.29, 1.82) is 0 Å². The maximum absolute atomic E-state index is 13.7. The first-order valence-corrected chi connectivity index (χ1v) is 13.7. The Morgan fingerprint density at radius 3 is 2.81 bits per heavy atom. The molecule has 2 heterocycles. The molecule has 2 aromatic heterocycles. The van der Waals surface area contributed by atoms with Crippen molar-refractivity contribution in [2.75, 3.05) is 13.7 Å². The number of nitrogens with zero attached hydrogens (tertiary/aromatic N) is 4. The molecule has 0 bridgehead atoms. The predicted octanol–water partition coefficient (Wildman–Crippen LogP) is 4.89. The number of aromatic nitrogens is 3. The number of hydrogen-bond acceptors (Lipinski definition) is 7. The molecule has 1 atom stereocenters. The Balaban J connectivity index is 1.56. The molecule has 0 N–H and O–H groups in total. The van der Waals surface area contributed by atoms with Crippen molar-refractivity contribution in [2.45, 2.75) is 43.7 Å². The first-order valence-electron chi connectivity index (χ1n) is 11.1. The van der Waals surface area contributed by atoms with Crippen LogP contribution in [0.3, 0.4) is 0 Å². The number of esters is 1. The van der Waals surface area contributed by atoms with E-state index in [1.807, 2.05) is 0 Å². The largest absolute Gasteiger partial charge is 0.465 e. The molecule has 4 rings (SSSR count). The van der Waals surface area contributed by atoms with Crippen LogP contribution < -0.4 is 4.74 Å². The lowest BCUT2D eigenvalue weighted by Gasteiger charge is -2.30. The lowest BCUT2D eigenvalue weighted by molar-refractivity contribution is -0.144. The second kappa shape index (κ2) is 10.8. The van der Waals surface area contributed by atoms with Crippen LogP contribution in [0.25, 0.3) is 0 Å². The van der Waals surface area contributed by atoms with Crippen LogP contribution in [0.2, 0.25) is 5.02 Å². The number of hydrogen-bond donors (Lipinski definition) is 0. The molecule has 0 saturated heterocycles. The smallest absolute Gasteiger partial charge is 0.327 e. The number of halogens is 3. The lowest BCUT2D eigenvalue weighted by Crippen LogP contribution is -2.33. The minimum Gasteiger partial charge on any atom is -0.465 e. The van der Waals surface area contributed by atoms with Gasteiger partial charge in [0.1, 0.15) is 23.0 Å². The second-order valence-corrected chi connectivity index (χ2v) is 11.3. The van der Waals surface area contributed by atoms with Crippen LogP contribution in [-0.2, 0) is 32.5 Å². The first-order chi connectivity index (χ1) is 17.1. The fourth-order valence-corrected chi connectivity index (χ4v) is 6.09. The summed E-state index contributed by atoms with van der Waals surface area (Å²) in [6.07, 6.45) is 4.82. The van der Waals surface area contributed by atoms with Crippen LogP contribution in [0.5, 0.6) is 11.6 Å². The summed E-state index contributed by atoms with van der Waals surface area (Å²) in [6.45, 7) is 1.98. The Labute approximate surface area is 221 Å². The van der Waals surface area contributed by atoms with Gasteiger partial charge in [0.2, 0.25) is 15.9 Å². The van der Waals surface area contributed by atoms with Crippen molar-refractivity contribution in [2.24, 2.45) is 0 Å². The molecule has 1 aliphatic carbocycles. The van der Waals surface area contributed by atoms with Gasteiger partial charge in [0.15, 0.2) is 0 Å². The SMILES string of the molecule is CCOC(=O)Cn1ncc2c1CCCC2N(C)S(=O)(=O)c1cnc(Oc2ccc(Cl)c(F)c2)c(Br)c1. The molecule has 0 spiro atoms. The van der Waals surface area contributed by atoms with Crippen molar-refractivity contribution in [3.8, 4) is 11.6 Å². The number of sulfonamides is 1. The van der Waals surface area contributed by atoms with E-state index in [9.17, 15) is 17.6 Å². The Bertz CT molecular complexity index is 1400. The molecule has 0 fully saturated rings. The lowest BCUT2D eigenvalue weighted by atomic mass is 9.93. The third-order valence-corrected chi connectivity index (χ3v) is 8.53. The van der Waals surface area contributed by atoms with E-state index in [4.69, 9.17) is 21.1 Å². The van der Waals surface area contributed by atoms with Crippen molar-refractivity contribution in [3.05, 3.63) is 63.2 Å². The second-order valence-electron chi connectivity index (χ2n) is 8.07. The molecule has 3 aromatic rings. The molecule has 1 aliphatic rings. The van der Waals surface area contributed by atoms with E-state index >= 15 is 0 Å². The minimum absolute atomic E-state index is 0.0256. The van der Waals surface area contributed by atoms with Crippen LogP contribution in [-0.4, -0.2) is 47.1 Å². The van der Waals surface area contributed by atoms with Gasteiger partial charge in [-0.3, -0.25) is 9.48 Å². The molecule has 0 saturated carbocycles. The van der Waals surface area contributed by atoms with Gasteiger partial charge >= 0.3 is 5.97 Å². The van der Waals surface area contributed by atoms with Gasteiger partial charge in [0, 0.05) is 24.4 Å². The number of carbonyl (C=O) groups excluding carboxylic acids is 1. The Morgan fingerprint density at radius 2 is 2.11 bits per heavy atom. The molecule has 36 heavy (non-hydrogen) atoms. The van der Waals surface area contributed by atoms with E-state index in [1.165, 1.54) is 35.7 Å². The molecule has 192 valence electrons. The van der Waals surface area contributed by atoms with Gasteiger partial charge in [-0.05, 0) is 60.3 Å². The summed E-state index contributed by atoms with van der Waals surface area (Å²) in [7, 11) is -2.44. The number of fused-ring (bicyclic) bond motifs is 1. The normalized spacial score (nSPS) is 15.6. The highest BCUT2D eigenvalue weighted by molar-refractivity contribution is 9.10. The van der Waals surface area contributed by atoms with E-state index in [0.717, 1.165) is 23.7 Å². The quantitative estimate of drug-likeness (QED) is 0.339. The maximum atomic E-state index is 13.7. The van der Waals surface area contributed by atoms with Crippen LogP contribution >= 0.6 is 27.5 Å². The van der Waals surface area contributed by atoms with Crippen LogP contribution in [0.1, 0.15) is 37.1 Å². The molecule has 0 amide bonds. The Hall–Kier alpha value is -2.54. The van der Waals surface area contributed by atoms with Crippen molar-refractivity contribution in [1.82, 2.24) is 19.1 Å². The summed E-state index contributed by atoms with van der Waals surface area (Å²) in [5.41, 5.74) is 1.58. The van der Waals surface area contributed by atoms with Crippen LogP contribution in [0.4, 0.5) is 4.39 Å². The van der Waals surface area contributed by atoms with E-state index in [2.05, 4.69) is 26.0 Å². The number of rotatable bonds is 8. The summed E-state index contributed by atoms with van der Waals surface area (Å²) in [5.74, 6) is -0.819. The summed E-state index contributed by atoms with van der Waals surface area (Å²) >= 11 is 8.99. The Kier molecular flexibility index (Phi) is 7.98. The summed E-state index contributed by atoms with van der Waals surface area (Å²) in [4.78, 5) is 16.0. The number of benzene rings is 1. The molecule has 9 nitrogen and oxygen atoms in total. The predicted molar refractivity (Wildman–Crippen MR) is 133 cm³/mol. The molecular formula is C23H23BrClFN4O5S. The highest BCUT2D eigenvalue weighted by atomic mass is 79.9. The molecular weight excluding hydrogens is 579 g/mol. The topological polar surface area (TPSA) is 104 Å². The molecule has 13 heteroatoms. The van der Waals surface area contributed by atoms with Crippen LogP contribution in [0.15, 0.2) is 46.0 Å². The van der Waals surface area contributed by atoms with Crippen molar-refractivity contribution in [3.63, 3.8) is 0 Å². The number of ether oxygens (including phenoxy) is 2. The van der Waals surface area contributed by atoms with Crippen molar-refractivity contribution >= 4 is 43.5 Å². The zero-order valence-corrected chi connectivity index (χ0v) is 22.6. The van der Waals surface area contributed by atoms with Gasteiger partial charge in [-0.1, -0.05) is 11.6 Å². The fraction of sp³-hybridized carbons (Fsp3) is 0.348. The summed E-state index contributed by atoms with van der Waals surface area (Å²) in [6, 6.07) is 4.86. The molecule has 1 unspecified atom stereocenters. The molecule has 0 radical (unpaired) electrons. The number of carbonyl (C=O) groups is 1. The molecule has 0 aliphatic heterocycles.